The van der Waals surface area contributed by atoms with Gasteiger partial charge >= 0.3 is 5.97 Å². The Hall–Kier alpha value is -2.08. The van der Waals surface area contributed by atoms with E-state index in [0.717, 1.165) is 11.5 Å². The van der Waals surface area contributed by atoms with E-state index in [1.54, 1.807) is 17.8 Å². The maximum atomic E-state index is 11.6. The molecule has 2 N–H and O–H groups in total. The van der Waals surface area contributed by atoms with Crippen LogP contribution >= 0.6 is 0 Å². The highest BCUT2D eigenvalue weighted by molar-refractivity contribution is 5.88. The van der Waals surface area contributed by atoms with Gasteiger partial charge in [-0.3, -0.25) is 4.68 Å². The Balaban J connectivity index is 2.22. The molecule has 2 rings (SSSR count). The molecule has 0 aromatic carbocycles. The lowest BCUT2D eigenvalue weighted by Crippen LogP contribution is -2.20. The van der Waals surface area contributed by atoms with Crippen molar-refractivity contribution >= 4 is 5.97 Å². The third-order valence-corrected chi connectivity index (χ3v) is 2.74. The molecule has 0 aliphatic rings. The minimum Gasteiger partial charge on any atom is -0.464 e. The van der Waals surface area contributed by atoms with Crippen molar-refractivity contribution in [2.24, 2.45) is 5.73 Å². The van der Waals surface area contributed by atoms with Crippen molar-refractivity contribution in [1.82, 2.24) is 9.78 Å². The highest BCUT2D eigenvalue weighted by Gasteiger charge is 2.18. The Bertz CT molecular complexity index is 559. The van der Waals surface area contributed by atoms with Crippen LogP contribution in [-0.2, 0) is 4.74 Å². The summed E-state index contributed by atoms with van der Waals surface area (Å²) in [5.74, 6) is 1.14. The van der Waals surface area contributed by atoms with Gasteiger partial charge in [-0.15, -0.1) is 0 Å². The van der Waals surface area contributed by atoms with Crippen molar-refractivity contribution in [1.29, 1.82) is 0 Å². The Kier molecular flexibility index (Phi) is 4.01. The number of rotatable bonds is 5. The van der Waals surface area contributed by atoms with E-state index in [2.05, 4.69) is 5.10 Å². The fraction of sp³-hybridized carbons (Fsp3) is 0.385. The van der Waals surface area contributed by atoms with Gasteiger partial charge in [-0.1, -0.05) is 0 Å². The molecular formula is C13H17N3O3. The predicted molar refractivity (Wildman–Crippen MR) is 68.8 cm³/mol. The lowest BCUT2D eigenvalue weighted by atomic mass is 10.2. The maximum absolute atomic E-state index is 11.6. The average Bonchev–Trinajstić information content (AvgIpc) is 3.01. The van der Waals surface area contributed by atoms with Gasteiger partial charge in [0, 0.05) is 12.7 Å². The van der Waals surface area contributed by atoms with Gasteiger partial charge in [0.1, 0.15) is 17.6 Å². The van der Waals surface area contributed by atoms with Crippen LogP contribution in [0.4, 0.5) is 0 Å². The lowest BCUT2D eigenvalue weighted by molar-refractivity contribution is 0.0526. The molecular weight excluding hydrogens is 246 g/mol. The van der Waals surface area contributed by atoms with Gasteiger partial charge in [0.25, 0.3) is 0 Å². The number of carbonyl (C=O) groups is 1. The first kappa shape index (κ1) is 13.4. The van der Waals surface area contributed by atoms with Crippen LogP contribution in [0.25, 0.3) is 0 Å². The van der Waals surface area contributed by atoms with Crippen molar-refractivity contribution in [2.45, 2.75) is 19.9 Å². The Morgan fingerprint density at radius 2 is 2.37 bits per heavy atom. The lowest BCUT2D eigenvalue weighted by Gasteiger charge is -2.12. The van der Waals surface area contributed by atoms with Crippen molar-refractivity contribution in [3.63, 3.8) is 0 Å². The number of ether oxygens (including phenoxy) is 1. The minimum atomic E-state index is -0.389. The summed E-state index contributed by atoms with van der Waals surface area (Å²) in [5, 5.41) is 4.15. The number of aromatic nitrogens is 2. The molecule has 0 saturated carbocycles. The molecule has 2 aromatic heterocycles. The topological polar surface area (TPSA) is 83.3 Å². The number of nitrogens with two attached hydrogens (primary N) is 1. The summed E-state index contributed by atoms with van der Waals surface area (Å²) in [6.45, 7) is 4.29. The van der Waals surface area contributed by atoms with Crippen LogP contribution in [0, 0.1) is 6.92 Å². The summed E-state index contributed by atoms with van der Waals surface area (Å²) < 4.78 is 12.1. The van der Waals surface area contributed by atoms with Crippen molar-refractivity contribution in [3.8, 4) is 0 Å². The Morgan fingerprint density at radius 1 is 1.58 bits per heavy atom. The van der Waals surface area contributed by atoms with Gasteiger partial charge in [-0.2, -0.15) is 5.10 Å². The number of hydrogen-bond donors (Lipinski definition) is 1. The molecule has 19 heavy (non-hydrogen) atoms. The van der Waals surface area contributed by atoms with Gasteiger partial charge in [-0.25, -0.2) is 4.79 Å². The van der Waals surface area contributed by atoms with Crippen molar-refractivity contribution in [3.05, 3.63) is 41.6 Å². The van der Waals surface area contributed by atoms with E-state index in [1.807, 2.05) is 19.1 Å². The molecule has 1 unspecified atom stereocenters. The fourth-order valence-corrected chi connectivity index (χ4v) is 1.82. The fourth-order valence-electron chi connectivity index (χ4n) is 1.82. The molecule has 0 amide bonds. The molecule has 2 heterocycles. The molecule has 6 heteroatoms. The summed E-state index contributed by atoms with van der Waals surface area (Å²) >= 11 is 0. The molecule has 0 radical (unpaired) electrons. The van der Waals surface area contributed by atoms with Crippen LogP contribution < -0.4 is 5.73 Å². The number of carbonyl (C=O) groups excluding carboxylic acids is 1. The van der Waals surface area contributed by atoms with E-state index < -0.39 is 0 Å². The minimum absolute atomic E-state index is 0.225. The zero-order chi connectivity index (χ0) is 13.8. The van der Waals surface area contributed by atoms with Crippen LogP contribution in [0.2, 0.25) is 0 Å². The van der Waals surface area contributed by atoms with Crippen LogP contribution in [0.15, 0.2) is 28.9 Å². The molecule has 1 atom stereocenters. The SMILES string of the molecule is CCOC(=O)c1cnn(C(CN)c2ccc(C)o2)c1. The molecule has 6 nitrogen and oxygen atoms in total. The zero-order valence-electron chi connectivity index (χ0n) is 11.0. The summed E-state index contributed by atoms with van der Waals surface area (Å²) in [5.41, 5.74) is 6.16. The molecule has 0 aliphatic heterocycles. The maximum Gasteiger partial charge on any atom is 0.341 e. The normalized spacial score (nSPS) is 12.4. The summed E-state index contributed by atoms with van der Waals surface area (Å²) in [6.07, 6.45) is 3.09. The molecule has 0 fully saturated rings. The third kappa shape index (κ3) is 2.85. The highest BCUT2D eigenvalue weighted by Crippen LogP contribution is 2.19. The number of hydrogen-bond acceptors (Lipinski definition) is 5. The first-order chi connectivity index (χ1) is 9.15. The summed E-state index contributed by atoms with van der Waals surface area (Å²) in [7, 11) is 0. The van der Waals surface area contributed by atoms with Gasteiger partial charge in [-0.05, 0) is 26.0 Å². The molecule has 0 aliphatic carbocycles. The van der Waals surface area contributed by atoms with E-state index >= 15 is 0 Å². The van der Waals surface area contributed by atoms with E-state index in [9.17, 15) is 4.79 Å². The van der Waals surface area contributed by atoms with Gasteiger partial charge in [0.15, 0.2) is 0 Å². The van der Waals surface area contributed by atoms with Crippen LogP contribution in [0.1, 0.15) is 34.8 Å². The second-order valence-electron chi connectivity index (χ2n) is 4.13. The number of nitrogens with zero attached hydrogens (tertiary/aromatic N) is 2. The number of aryl methyl sites for hydroxylation is 1. The second-order valence-corrected chi connectivity index (χ2v) is 4.13. The molecule has 102 valence electrons. The quantitative estimate of drug-likeness (QED) is 0.827. The number of furan rings is 1. The molecule has 0 saturated heterocycles. The monoisotopic (exact) mass is 263 g/mol. The third-order valence-electron chi connectivity index (χ3n) is 2.74. The van der Waals surface area contributed by atoms with Crippen molar-refractivity contribution < 1.29 is 13.9 Å². The highest BCUT2D eigenvalue weighted by atomic mass is 16.5. The van der Waals surface area contributed by atoms with E-state index in [0.29, 0.717) is 18.7 Å². The van der Waals surface area contributed by atoms with E-state index in [4.69, 9.17) is 14.9 Å². The van der Waals surface area contributed by atoms with E-state index in [1.165, 1.54) is 6.20 Å². The van der Waals surface area contributed by atoms with Crippen LogP contribution in [0.5, 0.6) is 0 Å². The first-order valence-corrected chi connectivity index (χ1v) is 6.13. The average molecular weight is 263 g/mol. The van der Waals surface area contributed by atoms with Gasteiger partial charge in [0.05, 0.1) is 18.4 Å². The Labute approximate surface area is 111 Å². The summed E-state index contributed by atoms with van der Waals surface area (Å²) in [6, 6.07) is 3.50. The Morgan fingerprint density at radius 3 is 2.95 bits per heavy atom. The van der Waals surface area contributed by atoms with Gasteiger partial charge in [0.2, 0.25) is 0 Å². The summed E-state index contributed by atoms with van der Waals surface area (Å²) in [4.78, 5) is 11.6. The van der Waals surface area contributed by atoms with Gasteiger partial charge < -0.3 is 14.9 Å². The molecule has 0 bridgehead atoms. The number of esters is 1. The standard InChI is InChI=1S/C13H17N3O3/c1-3-18-13(17)10-7-15-16(8-10)11(6-14)12-5-4-9(2)19-12/h4-5,7-8,11H,3,6,14H2,1-2H3. The van der Waals surface area contributed by atoms with Crippen LogP contribution in [-0.4, -0.2) is 28.9 Å². The van der Waals surface area contributed by atoms with Crippen LogP contribution in [0.3, 0.4) is 0 Å². The smallest absolute Gasteiger partial charge is 0.341 e. The zero-order valence-corrected chi connectivity index (χ0v) is 11.0. The van der Waals surface area contributed by atoms with E-state index in [-0.39, 0.29) is 12.0 Å². The molecule has 0 spiro atoms. The largest absolute Gasteiger partial charge is 0.464 e. The predicted octanol–water partition coefficient (Wildman–Crippen LogP) is 1.51. The molecule has 2 aromatic rings. The van der Waals surface area contributed by atoms with Crippen molar-refractivity contribution in [2.75, 3.05) is 13.2 Å². The first-order valence-electron chi connectivity index (χ1n) is 6.13. The second kappa shape index (κ2) is 5.71.